The topological polar surface area (TPSA) is 12.0 Å². The lowest BCUT2D eigenvalue weighted by atomic mass is 9.92. The van der Waals surface area contributed by atoms with E-state index in [0.29, 0.717) is 5.92 Å². The van der Waals surface area contributed by atoms with Gasteiger partial charge in [0.05, 0.1) is 0 Å². The number of aryl methyl sites for hydroxylation is 3. The van der Waals surface area contributed by atoms with Gasteiger partial charge in [0, 0.05) is 0 Å². The van der Waals surface area contributed by atoms with Crippen molar-refractivity contribution in [3.05, 3.63) is 34.4 Å². The van der Waals surface area contributed by atoms with Gasteiger partial charge in [-0.1, -0.05) is 31.5 Å². The molecule has 1 rings (SSSR count). The molecule has 0 bridgehead atoms. The molecule has 0 aliphatic carbocycles. The van der Waals surface area contributed by atoms with E-state index in [4.69, 9.17) is 0 Å². The van der Waals surface area contributed by atoms with E-state index in [1.165, 1.54) is 28.7 Å². The molecule has 1 N–H and O–H groups in total. The maximum absolute atomic E-state index is 3.42. The first-order valence-corrected chi connectivity index (χ1v) is 6.32. The van der Waals surface area contributed by atoms with Crippen molar-refractivity contribution in [2.24, 2.45) is 5.92 Å². The van der Waals surface area contributed by atoms with Crippen LogP contribution in [0.15, 0.2) is 12.1 Å². The van der Waals surface area contributed by atoms with Crippen LogP contribution in [-0.2, 0) is 6.42 Å². The highest BCUT2D eigenvalue weighted by atomic mass is 14.8. The SMILES string of the molecule is CCNCC(C)Cc1c(C)cc(C)cc1C. The van der Waals surface area contributed by atoms with Gasteiger partial charge in [-0.25, -0.2) is 0 Å². The first kappa shape index (κ1) is 13.2. The predicted octanol–water partition coefficient (Wildman–Crippen LogP) is 3.40. The monoisotopic (exact) mass is 219 g/mol. The molecule has 1 atom stereocenters. The third-order valence-electron chi connectivity index (χ3n) is 3.14. The molecule has 0 radical (unpaired) electrons. The quantitative estimate of drug-likeness (QED) is 0.800. The summed E-state index contributed by atoms with van der Waals surface area (Å²) in [5.74, 6) is 0.708. The van der Waals surface area contributed by atoms with Crippen molar-refractivity contribution in [3.8, 4) is 0 Å². The molecular formula is C15H25N. The van der Waals surface area contributed by atoms with Gasteiger partial charge in [-0.05, 0) is 62.9 Å². The second-order valence-corrected chi connectivity index (χ2v) is 4.99. The van der Waals surface area contributed by atoms with Gasteiger partial charge in [0.15, 0.2) is 0 Å². The normalized spacial score (nSPS) is 12.8. The minimum Gasteiger partial charge on any atom is -0.317 e. The Morgan fingerprint density at radius 2 is 1.69 bits per heavy atom. The smallest absolute Gasteiger partial charge is 0.00201 e. The lowest BCUT2D eigenvalue weighted by molar-refractivity contribution is 0.519. The van der Waals surface area contributed by atoms with Crippen molar-refractivity contribution < 1.29 is 0 Å². The molecule has 1 aromatic rings. The summed E-state index contributed by atoms with van der Waals surface area (Å²) >= 11 is 0. The molecule has 1 unspecified atom stereocenters. The van der Waals surface area contributed by atoms with Crippen molar-refractivity contribution >= 4 is 0 Å². The summed E-state index contributed by atoms with van der Waals surface area (Å²) in [7, 11) is 0. The molecule has 16 heavy (non-hydrogen) atoms. The molecule has 0 aliphatic rings. The van der Waals surface area contributed by atoms with Crippen LogP contribution in [0.3, 0.4) is 0 Å². The van der Waals surface area contributed by atoms with Crippen LogP contribution in [0.25, 0.3) is 0 Å². The maximum Gasteiger partial charge on any atom is -0.00201 e. The van der Waals surface area contributed by atoms with E-state index in [9.17, 15) is 0 Å². The number of benzene rings is 1. The zero-order valence-corrected chi connectivity index (χ0v) is 11.4. The molecule has 0 aromatic heterocycles. The molecule has 90 valence electrons. The predicted molar refractivity (Wildman–Crippen MR) is 72.1 cm³/mol. The summed E-state index contributed by atoms with van der Waals surface area (Å²) in [4.78, 5) is 0. The van der Waals surface area contributed by atoms with E-state index in [2.05, 4.69) is 52.1 Å². The first-order valence-electron chi connectivity index (χ1n) is 6.32. The summed E-state index contributed by atoms with van der Waals surface area (Å²) in [6.45, 7) is 13.3. The molecule has 0 fully saturated rings. The Labute approximate surface area is 100 Å². The van der Waals surface area contributed by atoms with Crippen molar-refractivity contribution in [1.29, 1.82) is 0 Å². The van der Waals surface area contributed by atoms with E-state index >= 15 is 0 Å². The molecule has 0 saturated heterocycles. The fourth-order valence-corrected chi connectivity index (χ4v) is 2.34. The summed E-state index contributed by atoms with van der Waals surface area (Å²) in [5.41, 5.74) is 5.80. The second-order valence-electron chi connectivity index (χ2n) is 4.99. The van der Waals surface area contributed by atoms with E-state index in [0.717, 1.165) is 13.1 Å². The van der Waals surface area contributed by atoms with Crippen LogP contribution in [0.1, 0.15) is 36.1 Å². The molecule has 1 nitrogen and oxygen atoms in total. The van der Waals surface area contributed by atoms with E-state index in [1.54, 1.807) is 0 Å². The van der Waals surface area contributed by atoms with Gasteiger partial charge < -0.3 is 5.32 Å². The van der Waals surface area contributed by atoms with Crippen LogP contribution in [0.4, 0.5) is 0 Å². The highest BCUT2D eigenvalue weighted by Gasteiger charge is 2.08. The highest BCUT2D eigenvalue weighted by Crippen LogP contribution is 2.19. The summed E-state index contributed by atoms with van der Waals surface area (Å²) in [5, 5.41) is 3.42. The van der Waals surface area contributed by atoms with Gasteiger partial charge in [0.25, 0.3) is 0 Å². The minimum absolute atomic E-state index is 0.708. The van der Waals surface area contributed by atoms with Crippen LogP contribution in [0, 0.1) is 26.7 Å². The van der Waals surface area contributed by atoms with Gasteiger partial charge in [0.1, 0.15) is 0 Å². The van der Waals surface area contributed by atoms with Gasteiger partial charge in [0.2, 0.25) is 0 Å². The Kier molecular flexibility index (Phi) is 5.01. The van der Waals surface area contributed by atoms with Crippen LogP contribution in [0.2, 0.25) is 0 Å². The zero-order valence-electron chi connectivity index (χ0n) is 11.4. The van der Waals surface area contributed by atoms with Crippen molar-refractivity contribution in [3.63, 3.8) is 0 Å². The Bertz CT molecular complexity index is 318. The standard InChI is InChI=1S/C15H25N/c1-6-16-10-12(3)9-15-13(4)7-11(2)8-14(15)5/h7-8,12,16H,6,9-10H2,1-5H3. The van der Waals surface area contributed by atoms with E-state index in [1.807, 2.05) is 0 Å². The molecule has 0 aliphatic heterocycles. The summed E-state index contributed by atoms with van der Waals surface area (Å²) < 4.78 is 0. The number of hydrogen-bond donors (Lipinski definition) is 1. The third kappa shape index (κ3) is 3.64. The zero-order chi connectivity index (χ0) is 12.1. The van der Waals surface area contributed by atoms with Gasteiger partial charge in [-0.15, -0.1) is 0 Å². The summed E-state index contributed by atoms with van der Waals surface area (Å²) in [6, 6.07) is 4.59. The number of nitrogens with one attached hydrogen (secondary N) is 1. The molecular weight excluding hydrogens is 194 g/mol. The Balaban J connectivity index is 2.73. The number of hydrogen-bond acceptors (Lipinski definition) is 1. The third-order valence-corrected chi connectivity index (χ3v) is 3.14. The fraction of sp³-hybridized carbons (Fsp3) is 0.600. The van der Waals surface area contributed by atoms with E-state index < -0.39 is 0 Å². The average molecular weight is 219 g/mol. The Morgan fingerprint density at radius 3 is 2.19 bits per heavy atom. The number of rotatable bonds is 5. The lowest BCUT2D eigenvalue weighted by Crippen LogP contribution is -2.22. The Hall–Kier alpha value is -0.820. The first-order chi connectivity index (χ1) is 7.54. The largest absolute Gasteiger partial charge is 0.317 e. The molecule has 1 heteroatoms. The van der Waals surface area contributed by atoms with Crippen LogP contribution in [0.5, 0.6) is 0 Å². The fourth-order valence-electron chi connectivity index (χ4n) is 2.34. The molecule has 1 aromatic carbocycles. The van der Waals surface area contributed by atoms with Crippen molar-refractivity contribution in [2.75, 3.05) is 13.1 Å². The van der Waals surface area contributed by atoms with Crippen molar-refractivity contribution in [1.82, 2.24) is 5.32 Å². The van der Waals surface area contributed by atoms with Crippen LogP contribution < -0.4 is 5.32 Å². The second kappa shape index (κ2) is 6.05. The van der Waals surface area contributed by atoms with Crippen LogP contribution in [-0.4, -0.2) is 13.1 Å². The van der Waals surface area contributed by atoms with Gasteiger partial charge in [-0.3, -0.25) is 0 Å². The van der Waals surface area contributed by atoms with Crippen molar-refractivity contribution in [2.45, 2.75) is 41.0 Å². The molecule has 0 spiro atoms. The Morgan fingerprint density at radius 1 is 1.12 bits per heavy atom. The van der Waals surface area contributed by atoms with Crippen LogP contribution >= 0.6 is 0 Å². The van der Waals surface area contributed by atoms with E-state index in [-0.39, 0.29) is 0 Å². The molecule has 0 heterocycles. The minimum atomic E-state index is 0.708. The lowest BCUT2D eigenvalue weighted by Gasteiger charge is -2.16. The molecule has 0 saturated carbocycles. The average Bonchev–Trinajstić information content (AvgIpc) is 2.20. The molecule has 0 amide bonds. The summed E-state index contributed by atoms with van der Waals surface area (Å²) in [6.07, 6.45) is 1.19. The van der Waals surface area contributed by atoms with Gasteiger partial charge >= 0.3 is 0 Å². The highest BCUT2D eigenvalue weighted by molar-refractivity contribution is 5.37. The van der Waals surface area contributed by atoms with Gasteiger partial charge in [-0.2, -0.15) is 0 Å². The maximum atomic E-state index is 3.42.